The lowest BCUT2D eigenvalue weighted by molar-refractivity contribution is -0.149. The normalized spacial score (nSPS) is 20.6. The van der Waals surface area contributed by atoms with Crippen molar-refractivity contribution in [3.05, 3.63) is 18.0 Å². The maximum absolute atomic E-state index is 12.5. The molecular weight excluding hydrogens is 262 g/mol. The van der Waals surface area contributed by atoms with Gasteiger partial charge in [0.25, 0.3) is 0 Å². The van der Waals surface area contributed by atoms with Crippen LogP contribution in [0.1, 0.15) is 11.6 Å². The number of likely N-dealkylation sites (N-methyl/N-ethyl adjacent to an activating group) is 1. The van der Waals surface area contributed by atoms with Crippen LogP contribution in [0.3, 0.4) is 0 Å². The minimum atomic E-state index is -0.825. The van der Waals surface area contributed by atoms with E-state index in [0.717, 1.165) is 0 Å². The number of nitrogens with zero attached hydrogens (tertiary/aromatic N) is 3. The van der Waals surface area contributed by atoms with Gasteiger partial charge in [-0.2, -0.15) is 5.10 Å². The summed E-state index contributed by atoms with van der Waals surface area (Å²) in [5, 5.41) is 6.53. The average molecular weight is 281 g/mol. The van der Waals surface area contributed by atoms with Crippen molar-refractivity contribution < 1.29 is 14.3 Å². The molecule has 0 radical (unpaired) electrons. The van der Waals surface area contributed by atoms with E-state index in [1.807, 2.05) is 0 Å². The fourth-order valence-corrected chi connectivity index (χ4v) is 2.17. The summed E-state index contributed by atoms with van der Waals surface area (Å²) in [7, 11) is 3.28. The second-order valence-electron chi connectivity index (χ2n) is 4.66. The molecule has 1 aromatic rings. The smallest absolute Gasteiger partial charge is 0.245 e. The highest BCUT2D eigenvalue weighted by atomic mass is 16.5. The number of carbonyl (C=O) groups is 2. The number of nitrogens with one attached hydrogen (secondary N) is 1. The molecule has 0 saturated carbocycles. The van der Waals surface area contributed by atoms with Gasteiger partial charge in [0.05, 0.1) is 19.4 Å². The molecule has 3 N–H and O–H groups in total. The molecule has 20 heavy (non-hydrogen) atoms. The summed E-state index contributed by atoms with van der Waals surface area (Å²) in [4.78, 5) is 25.7. The van der Waals surface area contributed by atoms with E-state index in [9.17, 15) is 9.59 Å². The molecule has 1 fully saturated rings. The van der Waals surface area contributed by atoms with Crippen molar-refractivity contribution in [2.24, 2.45) is 12.8 Å². The summed E-state index contributed by atoms with van der Waals surface area (Å²) in [5.74, 6) is -0.550. The topological polar surface area (TPSA) is 102 Å². The highest BCUT2D eigenvalue weighted by Gasteiger charge is 2.35. The SMILES string of the molecule is CNC(=O)C1COCCN1C(=O)C(N)c1cnn(C)c1. The van der Waals surface area contributed by atoms with Crippen LogP contribution in [0.5, 0.6) is 0 Å². The van der Waals surface area contributed by atoms with Crippen molar-refractivity contribution in [3.8, 4) is 0 Å². The van der Waals surface area contributed by atoms with Crippen LogP contribution in [-0.4, -0.2) is 59.3 Å². The summed E-state index contributed by atoms with van der Waals surface area (Å²) in [6, 6.07) is -1.46. The third-order valence-electron chi connectivity index (χ3n) is 3.31. The number of amides is 2. The molecule has 0 spiro atoms. The van der Waals surface area contributed by atoms with E-state index in [1.54, 1.807) is 24.1 Å². The van der Waals surface area contributed by atoms with E-state index in [2.05, 4.69) is 10.4 Å². The Kier molecular flexibility index (Phi) is 4.35. The van der Waals surface area contributed by atoms with Crippen molar-refractivity contribution in [2.45, 2.75) is 12.1 Å². The summed E-state index contributed by atoms with van der Waals surface area (Å²) in [6.07, 6.45) is 3.25. The van der Waals surface area contributed by atoms with Crippen molar-refractivity contribution in [2.75, 3.05) is 26.8 Å². The number of aryl methyl sites for hydroxylation is 1. The molecule has 2 rings (SSSR count). The summed E-state index contributed by atoms with van der Waals surface area (Å²) < 4.78 is 6.84. The number of ether oxygens (including phenoxy) is 1. The van der Waals surface area contributed by atoms with Crippen LogP contribution in [0.25, 0.3) is 0 Å². The Morgan fingerprint density at radius 3 is 2.95 bits per heavy atom. The maximum atomic E-state index is 12.5. The number of morpholine rings is 1. The lowest BCUT2D eigenvalue weighted by atomic mass is 10.1. The molecule has 2 atom stereocenters. The third kappa shape index (κ3) is 2.81. The summed E-state index contributed by atoms with van der Waals surface area (Å²) in [5.41, 5.74) is 6.59. The van der Waals surface area contributed by atoms with Crippen LogP contribution in [0, 0.1) is 0 Å². The Morgan fingerprint density at radius 1 is 1.60 bits per heavy atom. The first kappa shape index (κ1) is 14.5. The van der Waals surface area contributed by atoms with Crippen LogP contribution in [-0.2, 0) is 21.4 Å². The standard InChI is InChI=1S/C12H19N5O3/c1-14-11(18)9-7-20-4-3-17(9)12(19)10(13)8-5-15-16(2)6-8/h5-6,9-10H,3-4,7,13H2,1-2H3,(H,14,18). The highest BCUT2D eigenvalue weighted by Crippen LogP contribution is 2.16. The van der Waals surface area contributed by atoms with Crippen LogP contribution in [0.4, 0.5) is 0 Å². The van der Waals surface area contributed by atoms with Crippen LogP contribution >= 0.6 is 0 Å². The van der Waals surface area contributed by atoms with Gasteiger partial charge in [-0.25, -0.2) is 0 Å². The number of carbonyl (C=O) groups excluding carboxylic acids is 2. The first-order chi connectivity index (χ1) is 9.54. The van der Waals surface area contributed by atoms with Gasteiger partial charge in [-0.1, -0.05) is 0 Å². The second kappa shape index (κ2) is 6.02. The zero-order chi connectivity index (χ0) is 14.7. The second-order valence-corrected chi connectivity index (χ2v) is 4.66. The molecule has 8 nitrogen and oxygen atoms in total. The summed E-state index contributed by atoms with van der Waals surface area (Å²) in [6.45, 7) is 0.940. The molecule has 1 saturated heterocycles. The van der Waals surface area contributed by atoms with Crippen molar-refractivity contribution in [1.82, 2.24) is 20.0 Å². The minimum Gasteiger partial charge on any atom is -0.377 e. The molecule has 2 heterocycles. The zero-order valence-corrected chi connectivity index (χ0v) is 11.6. The molecular formula is C12H19N5O3. The molecule has 2 amide bonds. The number of hydrogen-bond acceptors (Lipinski definition) is 5. The molecule has 1 aliphatic rings. The van der Waals surface area contributed by atoms with Gasteiger partial charge >= 0.3 is 0 Å². The van der Waals surface area contributed by atoms with Crippen LogP contribution < -0.4 is 11.1 Å². The third-order valence-corrected chi connectivity index (χ3v) is 3.31. The molecule has 110 valence electrons. The maximum Gasteiger partial charge on any atom is 0.245 e. The first-order valence-electron chi connectivity index (χ1n) is 6.38. The lowest BCUT2D eigenvalue weighted by Crippen LogP contribution is -2.57. The summed E-state index contributed by atoms with van der Waals surface area (Å²) >= 11 is 0. The van der Waals surface area contributed by atoms with E-state index in [1.165, 1.54) is 11.9 Å². The molecule has 0 bridgehead atoms. The van der Waals surface area contributed by atoms with Crippen LogP contribution in [0.15, 0.2) is 12.4 Å². The van der Waals surface area contributed by atoms with Gasteiger partial charge in [-0.3, -0.25) is 14.3 Å². The predicted octanol–water partition coefficient (Wildman–Crippen LogP) is -1.61. The number of nitrogens with two attached hydrogens (primary N) is 1. The van der Waals surface area contributed by atoms with E-state index in [4.69, 9.17) is 10.5 Å². The van der Waals surface area contributed by atoms with Crippen molar-refractivity contribution in [1.29, 1.82) is 0 Å². The minimum absolute atomic E-state index is 0.186. The zero-order valence-electron chi connectivity index (χ0n) is 11.6. The highest BCUT2D eigenvalue weighted by molar-refractivity contribution is 5.90. The number of hydrogen-bond donors (Lipinski definition) is 2. The van der Waals surface area contributed by atoms with E-state index in [0.29, 0.717) is 18.7 Å². The van der Waals surface area contributed by atoms with Crippen molar-refractivity contribution in [3.63, 3.8) is 0 Å². The molecule has 2 unspecified atom stereocenters. The Labute approximate surface area is 116 Å². The van der Waals surface area contributed by atoms with E-state index < -0.39 is 12.1 Å². The van der Waals surface area contributed by atoms with Gasteiger partial charge in [0.1, 0.15) is 12.1 Å². The quantitative estimate of drug-likeness (QED) is 0.694. The van der Waals surface area contributed by atoms with Gasteiger partial charge in [0.15, 0.2) is 0 Å². The van der Waals surface area contributed by atoms with Crippen LogP contribution in [0.2, 0.25) is 0 Å². The molecule has 1 aromatic heterocycles. The van der Waals surface area contributed by atoms with Crippen molar-refractivity contribution >= 4 is 11.8 Å². The molecule has 0 aromatic carbocycles. The lowest BCUT2D eigenvalue weighted by Gasteiger charge is -2.35. The Hall–Kier alpha value is -1.93. The van der Waals surface area contributed by atoms with E-state index >= 15 is 0 Å². The average Bonchev–Trinajstić information content (AvgIpc) is 2.91. The van der Waals surface area contributed by atoms with E-state index in [-0.39, 0.29) is 18.4 Å². The number of rotatable bonds is 3. The Balaban J connectivity index is 2.15. The van der Waals surface area contributed by atoms with Gasteiger partial charge in [-0.15, -0.1) is 0 Å². The fourth-order valence-electron chi connectivity index (χ4n) is 2.17. The Bertz CT molecular complexity index is 501. The molecule has 8 heteroatoms. The van der Waals surface area contributed by atoms with Gasteiger partial charge in [0, 0.05) is 32.4 Å². The van der Waals surface area contributed by atoms with Gasteiger partial charge < -0.3 is 20.7 Å². The predicted molar refractivity (Wildman–Crippen MR) is 70.5 cm³/mol. The molecule has 1 aliphatic heterocycles. The Morgan fingerprint density at radius 2 is 2.35 bits per heavy atom. The largest absolute Gasteiger partial charge is 0.377 e. The van der Waals surface area contributed by atoms with Gasteiger partial charge in [-0.05, 0) is 0 Å². The first-order valence-corrected chi connectivity index (χ1v) is 6.38. The molecule has 0 aliphatic carbocycles. The van der Waals surface area contributed by atoms with Gasteiger partial charge in [0.2, 0.25) is 11.8 Å². The number of aromatic nitrogens is 2. The fraction of sp³-hybridized carbons (Fsp3) is 0.583. The monoisotopic (exact) mass is 281 g/mol.